The first-order valence-electron chi connectivity index (χ1n) is 8.01. The molecule has 0 aliphatic carbocycles. The van der Waals surface area contributed by atoms with Crippen LogP contribution in [0.5, 0.6) is 0 Å². The number of nitrogens with one attached hydrogen (secondary N) is 1. The van der Waals surface area contributed by atoms with Gasteiger partial charge in [0, 0.05) is 10.2 Å². The van der Waals surface area contributed by atoms with Crippen LogP contribution in [0.2, 0.25) is 0 Å². The average molecular weight is 455 g/mol. The van der Waals surface area contributed by atoms with E-state index in [9.17, 15) is 18.0 Å². The van der Waals surface area contributed by atoms with Crippen molar-refractivity contribution in [3.63, 3.8) is 0 Å². The predicted molar refractivity (Wildman–Crippen MR) is 107 cm³/mol. The van der Waals surface area contributed by atoms with Crippen LogP contribution in [0, 0.1) is 0 Å². The Hall–Kier alpha value is -2.39. The standard InChI is InChI=1S/C18H19BrN2O5S/c1-3-26-18(23)13-6-4-8-15(10-13)20-17(22)12-21(27(2,24)25)16-9-5-7-14(19)11-16/h4-11H,3,12H2,1-2H3,(H,20,22). The Morgan fingerprint density at radius 1 is 1.15 bits per heavy atom. The molecule has 0 unspecified atom stereocenters. The maximum atomic E-state index is 12.4. The number of rotatable bonds is 7. The van der Waals surface area contributed by atoms with Crippen LogP contribution < -0.4 is 9.62 Å². The third kappa shape index (κ3) is 6.07. The van der Waals surface area contributed by atoms with Gasteiger partial charge in [-0.3, -0.25) is 9.10 Å². The van der Waals surface area contributed by atoms with Gasteiger partial charge >= 0.3 is 5.97 Å². The number of sulfonamides is 1. The third-order valence-electron chi connectivity index (χ3n) is 3.44. The number of benzene rings is 2. The predicted octanol–water partition coefficient (Wildman–Crippen LogP) is 3.03. The fraction of sp³-hybridized carbons (Fsp3) is 0.222. The second kappa shape index (κ2) is 9.01. The van der Waals surface area contributed by atoms with Crippen molar-refractivity contribution in [2.24, 2.45) is 0 Å². The molecule has 0 aliphatic heterocycles. The van der Waals surface area contributed by atoms with Crippen LogP contribution in [0.25, 0.3) is 0 Å². The van der Waals surface area contributed by atoms with Crippen LogP contribution in [0.1, 0.15) is 17.3 Å². The van der Waals surface area contributed by atoms with Crippen molar-refractivity contribution >= 4 is 49.2 Å². The number of anilines is 2. The summed E-state index contributed by atoms with van der Waals surface area (Å²) in [5.41, 5.74) is 1.03. The fourth-order valence-corrected chi connectivity index (χ4v) is 3.54. The summed E-state index contributed by atoms with van der Waals surface area (Å²) < 4.78 is 30.8. The number of halogens is 1. The molecule has 9 heteroatoms. The Balaban J connectivity index is 2.17. The van der Waals surface area contributed by atoms with E-state index in [-0.39, 0.29) is 6.61 Å². The smallest absolute Gasteiger partial charge is 0.338 e. The van der Waals surface area contributed by atoms with Gasteiger partial charge in [0.05, 0.1) is 24.1 Å². The number of esters is 1. The molecule has 1 N–H and O–H groups in total. The Labute approximate surface area is 166 Å². The SMILES string of the molecule is CCOC(=O)c1cccc(NC(=O)CN(c2cccc(Br)c2)S(C)(=O)=O)c1. The molecule has 0 saturated carbocycles. The Morgan fingerprint density at radius 3 is 2.48 bits per heavy atom. The van der Waals surface area contributed by atoms with E-state index >= 15 is 0 Å². The lowest BCUT2D eigenvalue weighted by Crippen LogP contribution is -2.37. The van der Waals surface area contributed by atoms with Crippen molar-refractivity contribution in [1.82, 2.24) is 0 Å². The molecule has 0 atom stereocenters. The number of ether oxygens (including phenoxy) is 1. The Bertz CT molecular complexity index is 946. The molecule has 2 rings (SSSR count). The molecule has 0 heterocycles. The van der Waals surface area contributed by atoms with Crippen LogP contribution in [0.3, 0.4) is 0 Å². The molecule has 27 heavy (non-hydrogen) atoms. The minimum absolute atomic E-state index is 0.241. The summed E-state index contributed by atoms with van der Waals surface area (Å²) in [6.07, 6.45) is 1.03. The van der Waals surface area contributed by atoms with Gasteiger partial charge in [0.1, 0.15) is 6.54 Å². The van der Waals surface area contributed by atoms with Crippen LogP contribution in [-0.4, -0.2) is 39.7 Å². The highest BCUT2D eigenvalue weighted by Gasteiger charge is 2.21. The lowest BCUT2D eigenvalue weighted by atomic mass is 10.2. The molecule has 0 aromatic heterocycles. The summed E-state index contributed by atoms with van der Waals surface area (Å²) in [6, 6.07) is 12.9. The number of carbonyl (C=O) groups is 2. The highest BCUT2D eigenvalue weighted by Crippen LogP contribution is 2.22. The zero-order chi connectivity index (χ0) is 20.0. The van der Waals surface area contributed by atoms with Crippen molar-refractivity contribution in [3.05, 3.63) is 58.6 Å². The number of hydrogen-bond acceptors (Lipinski definition) is 5. The van der Waals surface area contributed by atoms with Gasteiger partial charge in [0.2, 0.25) is 15.9 Å². The minimum atomic E-state index is -3.67. The van der Waals surface area contributed by atoms with Crippen molar-refractivity contribution < 1.29 is 22.7 Å². The molecule has 0 fully saturated rings. The number of hydrogen-bond donors (Lipinski definition) is 1. The summed E-state index contributed by atoms with van der Waals surface area (Å²) in [5, 5.41) is 2.60. The number of amides is 1. The molecule has 2 aromatic rings. The molecule has 144 valence electrons. The van der Waals surface area contributed by atoms with Gasteiger partial charge in [-0.1, -0.05) is 28.1 Å². The topological polar surface area (TPSA) is 92.8 Å². The van der Waals surface area contributed by atoms with Crippen molar-refractivity contribution in [3.8, 4) is 0 Å². The lowest BCUT2D eigenvalue weighted by molar-refractivity contribution is -0.114. The van der Waals surface area contributed by atoms with E-state index in [2.05, 4.69) is 21.2 Å². The normalized spacial score (nSPS) is 10.9. The van der Waals surface area contributed by atoms with Crippen molar-refractivity contribution in [2.45, 2.75) is 6.92 Å². The summed E-state index contributed by atoms with van der Waals surface area (Å²) in [4.78, 5) is 24.2. The van der Waals surface area contributed by atoms with E-state index in [1.165, 1.54) is 6.07 Å². The third-order valence-corrected chi connectivity index (χ3v) is 5.08. The lowest BCUT2D eigenvalue weighted by Gasteiger charge is -2.22. The molecule has 7 nitrogen and oxygen atoms in total. The zero-order valence-corrected chi connectivity index (χ0v) is 17.2. The molecular formula is C18H19BrN2O5S. The molecule has 1 amide bonds. The molecule has 2 aromatic carbocycles. The molecular weight excluding hydrogens is 436 g/mol. The van der Waals surface area contributed by atoms with Gasteiger partial charge in [-0.05, 0) is 43.3 Å². The maximum Gasteiger partial charge on any atom is 0.338 e. The highest BCUT2D eigenvalue weighted by atomic mass is 79.9. The zero-order valence-electron chi connectivity index (χ0n) is 14.8. The van der Waals surface area contributed by atoms with Gasteiger partial charge < -0.3 is 10.1 Å². The van der Waals surface area contributed by atoms with Crippen molar-refractivity contribution in [1.29, 1.82) is 0 Å². The second-order valence-electron chi connectivity index (χ2n) is 5.60. The van der Waals surface area contributed by atoms with E-state index in [1.54, 1.807) is 49.4 Å². The van der Waals surface area contributed by atoms with Gasteiger partial charge in [0.25, 0.3) is 0 Å². The Kier molecular flexibility index (Phi) is 6.98. The van der Waals surface area contributed by atoms with Crippen LogP contribution in [0.4, 0.5) is 11.4 Å². The van der Waals surface area contributed by atoms with Gasteiger partial charge in [-0.25, -0.2) is 13.2 Å². The maximum absolute atomic E-state index is 12.4. The van der Waals surface area contributed by atoms with Crippen LogP contribution >= 0.6 is 15.9 Å². The molecule has 0 aliphatic rings. The summed E-state index contributed by atoms with van der Waals surface area (Å²) in [6.45, 7) is 1.54. The monoisotopic (exact) mass is 454 g/mol. The first-order chi connectivity index (χ1) is 12.7. The van der Waals surface area contributed by atoms with Crippen LogP contribution in [0.15, 0.2) is 53.0 Å². The summed E-state index contributed by atoms with van der Waals surface area (Å²) >= 11 is 3.29. The first-order valence-corrected chi connectivity index (χ1v) is 10.6. The number of carbonyl (C=O) groups excluding carboxylic acids is 2. The minimum Gasteiger partial charge on any atom is -0.462 e. The van der Waals surface area contributed by atoms with E-state index < -0.39 is 28.4 Å². The quantitative estimate of drug-likeness (QED) is 0.648. The average Bonchev–Trinajstić information content (AvgIpc) is 2.59. The van der Waals surface area contributed by atoms with Gasteiger partial charge in [0.15, 0.2) is 0 Å². The molecule has 0 bridgehead atoms. The highest BCUT2D eigenvalue weighted by molar-refractivity contribution is 9.10. The molecule has 0 radical (unpaired) electrons. The Morgan fingerprint density at radius 2 is 1.85 bits per heavy atom. The summed E-state index contributed by atoms with van der Waals surface area (Å²) in [5.74, 6) is -1.04. The van der Waals surface area contributed by atoms with E-state index in [0.717, 1.165) is 10.6 Å². The molecule has 0 spiro atoms. The largest absolute Gasteiger partial charge is 0.462 e. The first kappa shape index (κ1) is 20.9. The van der Waals surface area contributed by atoms with E-state index in [0.29, 0.717) is 21.4 Å². The van der Waals surface area contributed by atoms with Gasteiger partial charge in [-0.2, -0.15) is 0 Å². The fourth-order valence-electron chi connectivity index (χ4n) is 2.30. The van der Waals surface area contributed by atoms with E-state index in [1.807, 2.05) is 0 Å². The van der Waals surface area contributed by atoms with Crippen LogP contribution in [-0.2, 0) is 19.6 Å². The molecule has 0 saturated heterocycles. The number of nitrogens with zero attached hydrogens (tertiary/aromatic N) is 1. The van der Waals surface area contributed by atoms with E-state index in [4.69, 9.17) is 4.74 Å². The van der Waals surface area contributed by atoms with Crippen molar-refractivity contribution in [2.75, 3.05) is 29.0 Å². The summed E-state index contributed by atoms with van der Waals surface area (Å²) in [7, 11) is -3.67. The van der Waals surface area contributed by atoms with Gasteiger partial charge in [-0.15, -0.1) is 0 Å². The second-order valence-corrected chi connectivity index (χ2v) is 8.42.